The van der Waals surface area contributed by atoms with E-state index in [0.29, 0.717) is 26.1 Å². The molecule has 0 bridgehead atoms. The number of nitrogens with one attached hydrogen (secondary N) is 1. The number of carbonyl (C=O) groups excluding carboxylic acids is 1. The summed E-state index contributed by atoms with van der Waals surface area (Å²) in [6, 6.07) is 14.2. The first-order valence-corrected chi connectivity index (χ1v) is 9.63. The fourth-order valence-electron chi connectivity index (χ4n) is 3.13. The Hall–Kier alpha value is -3.08. The third kappa shape index (κ3) is 4.80. The second-order valence-electron chi connectivity index (χ2n) is 6.80. The Morgan fingerprint density at radius 1 is 1.18 bits per heavy atom. The van der Waals surface area contributed by atoms with Gasteiger partial charge in [0.25, 0.3) is 0 Å². The first-order chi connectivity index (χ1) is 13.6. The minimum absolute atomic E-state index is 0.0803. The second-order valence-corrected chi connectivity index (χ2v) is 6.80. The van der Waals surface area contributed by atoms with E-state index < -0.39 is 0 Å². The Bertz CT molecular complexity index is 989. The van der Waals surface area contributed by atoms with Crippen LogP contribution in [0.1, 0.15) is 23.9 Å². The lowest BCUT2D eigenvalue weighted by Crippen LogP contribution is -2.24. The smallest absolute Gasteiger partial charge is 0.243 e. The summed E-state index contributed by atoms with van der Waals surface area (Å²) < 4.78 is 8.14. The van der Waals surface area contributed by atoms with Crippen LogP contribution in [0.15, 0.2) is 54.6 Å². The first-order valence-electron chi connectivity index (χ1n) is 9.63. The van der Waals surface area contributed by atoms with Crippen molar-refractivity contribution in [1.29, 1.82) is 0 Å². The number of allylic oxidation sites excluding steroid dienone is 1. The van der Waals surface area contributed by atoms with Gasteiger partial charge in [0.1, 0.15) is 18.2 Å². The molecule has 0 aliphatic heterocycles. The second kappa shape index (κ2) is 9.22. The van der Waals surface area contributed by atoms with Gasteiger partial charge < -0.3 is 14.6 Å². The van der Waals surface area contributed by atoms with Gasteiger partial charge in [0.05, 0.1) is 17.6 Å². The predicted molar refractivity (Wildman–Crippen MR) is 113 cm³/mol. The molecule has 0 unspecified atom stereocenters. The van der Waals surface area contributed by atoms with Gasteiger partial charge in [-0.15, -0.1) is 0 Å². The lowest BCUT2D eigenvalue weighted by Gasteiger charge is -2.12. The van der Waals surface area contributed by atoms with Gasteiger partial charge in [0.15, 0.2) is 0 Å². The molecule has 0 atom stereocenters. The van der Waals surface area contributed by atoms with Crippen LogP contribution in [0, 0.1) is 13.8 Å². The number of carbonyl (C=O) groups is 1. The van der Waals surface area contributed by atoms with Crippen molar-refractivity contribution in [3.05, 3.63) is 71.6 Å². The molecule has 1 N–H and O–H groups in total. The minimum Gasteiger partial charge on any atom is -0.492 e. The molecule has 0 aliphatic rings. The summed E-state index contributed by atoms with van der Waals surface area (Å²) in [4.78, 5) is 16.4. The van der Waals surface area contributed by atoms with Crippen molar-refractivity contribution in [2.45, 2.75) is 33.7 Å². The first kappa shape index (κ1) is 19.7. The van der Waals surface area contributed by atoms with E-state index >= 15 is 0 Å². The summed E-state index contributed by atoms with van der Waals surface area (Å²) in [5, 5.41) is 2.89. The minimum atomic E-state index is -0.0803. The van der Waals surface area contributed by atoms with E-state index in [1.165, 1.54) is 17.2 Å². The van der Waals surface area contributed by atoms with Crippen LogP contribution in [0.4, 0.5) is 0 Å². The van der Waals surface area contributed by atoms with Gasteiger partial charge >= 0.3 is 0 Å². The monoisotopic (exact) mass is 377 g/mol. The highest BCUT2D eigenvalue weighted by molar-refractivity contribution is 5.87. The Kier molecular flexibility index (Phi) is 6.48. The highest BCUT2D eigenvalue weighted by Crippen LogP contribution is 2.18. The van der Waals surface area contributed by atoms with Crippen molar-refractivity contribution >= 4 is 16.9 Å². The summed E-state index contributed by atoms with van der Waals surface area (Å²) in [7, 11) is 0. The number of hydrogen-bond acceptors (Lipinski definition) is 3. The van der Waals surface area contributed by atoms with Crippen molar-refractivity contribution in [1.82, 2.24) is 14.9 Å². The maximum atomic E-state index is 11.6. The molecule has 0 saturated carbocycles. The summed E-state index contributed by atoms with van der Waals surface area (Å²) in [6.45, 7) is 7.81. The van der Waals surface area contributed by atoms with E-state index in [9.17, 15) is 4.79 Å². The molecule has 5 nitrogen and oxygen atoms in total. The predicted octanol–water partition coefficient (Wildman–Crippen LogP) is 3.97. The zero-order chi connectivity index (χ0) is 19.9. The zero-order valence-corrected chi connectivity index (χ0v) is 16.7. The molecular weight excluding hydrogens is 350 g/mol. The van der Waals surface area contributed by atoms with Crippen LogP contribution in [-0.4, -0.2) is 28.6 Å². The average molecular weight is 377 g/mol. The highest BCUT2D eigenvalue weighted by atomic mass is 16.5. The van der Waals surface area contributed by atoms with E-state index in [1.54, 1.807) is 6.08 Å². The van der Waals surface area contributed by atoms with Gasteiger partial charge in [-0.25, -0.2) is 4.98 Å². The maximum absolute atomic E-state index is 11.6. The van der Waals surface area contributed by atoms with Crippen molar-refractivity contribution < 1.29 is 9.53 Å². The zero-order valence-electron chi connectivity index (χ0n) is 16.7. The molecular formula is C23H27N3O2. The van der Waals surface area contributed by atoms with Crippen LogP contribution < -0.4 is 10.1 Å². The molecule has 1 amide bonds. The molecule has 0 fully saturated rings. The maximum Gasteiger partial charge on any atom is 0.243 e. The summed E-state index contributed by atoms with van der Waals surface area (Å²) in [5.74, 6) is 1.75. The number of rotatable bonds is 8. The lowest BCUT2D eigenvalue weighted by atomic mass is 10.1. The number of ether oxygens (including phenoxy) is 1. The number of hydrogen-bond donors (Lipinski definition) is 1. The Balaban J connectivity index is 1.69. The number of nitrogens with zero attached hydrogens (tertiary/aromatic N) is 2. The van der Waals surface area contributed by atoms with Crippen LogP contribution in [-0.2, 0) is 17.8 Å². The fourth-order valence-corrected chi connectivity index (χ4v) is 3.13. The van der Waals surface area contributed by atoms with E-state index in [2.05, 4.69) is 41.9 Å². The summed E-state index contributed by atoms with van der Waals surface area (Å²) in [5.41, 5.74) is 4.53. The molecule has 2 aromatic carbocycles. The molecule has 0 aliphatic carbocycles. The molecule has 0 spiro atoms. The van der Waals surface area contributed by atoms with Crippen molar-refractivity contribution in [3.63, 3.8) is 0 Å². The Labute approximate surface area is 166 Å². The van der Waals surface area contributed by atoms with Crippen LogP contribution in [0.25, 0.3) is 11.0 Å². The third-order valence-electron chi connectivity index (χ3n) is 4.76. The molecule has 0 saturated heterocycles. The van der Waals surface area contributed by atoms with Crippen LogP contribution in [0.2, 0.25) is 0 Å². The number of benzene rings is 2. The summed E-state index contributed by atoms with van der Waals surface area (Å²) >= 11 is 0. The lowest BCUT2D eigenvalue weighted by molar-refractivity contribution is -0.116. The number of fused-ring (bicyclic) bond motifs is 1. The number of para-hydroxylation sites is 2. The topological polar surface area (TPSA) is 56.2 Å². The van der Waals surface area contributed by atoms with E-state index in [-0.39, 0.29) is 5.91 Å². The molecule has 0 radical (unpaired) electrons. The van der Waals surface area contributed by atoms with Gasteiger partial charge in [-0.05, 0) is 62.2 Å². The molecule has 1 heterocycles. The van der Waals surface area contributed by atoms with Crippen LogP contribution in [0.5, 0.6) is 5.75 Å². The van der Waals surface area contributed by atoms with Crippen molar-refractivity contribution in [3.8, 4) is 5.75 Å². The third-order valence-corrected chi connectivity index (χ3v) is 4.76. The molecule has 146 valence electrons. The van der Waals surface area contributed by atoms with Crippen molar-refractivity contribution in [2.24, 2.45) is 0 Å². The molecule has 28 heavy (non-hydrogen) atoms. The number of aromatic nitrogens is 2. The normalized spacial score (nSPS) is 11.2. The van der Waals surface area contributed by atoms with Crippen LogP contribution >= 0.6 is 0 Å². The average Bonchev–Trinajstić information content (AvgIpc) is 3.02. The van der Waals surface area contributed by atoms with Crippen molar-refractivity contribution in [2.75, 3.05) is 13.2 Å². The van der Waals surface area contributed by atoms with E-state index in [0.717, 1.165) is 22.6 Å². The van der Waals surface area contributed by atoms with Gasteiger partial charge in [-0.1, -0.05) is 24.3 Å². The molecule has 5 heteroatoms. The number of aryl methyl sites for hydroxylation is 2. The number of amides is 1. The van der Waals surface area contributed by atoms with Gasteiger partial charge in [0.2, 0.25) is 5.91 Å². The Morgan fingerprint density at radius 2 is 2.00 bits per heavy atom. The number of imidazole rings is 1. The summed E-state index contributed by atoms with van der Waals surface area (Å²) in [6.07, 6.45) is 3.93. The van der Waals surface area contributed by atoms with Gasteiger partial charge in [-0.3, -0.25) is 4.79 Å². The fraction of sp³-hybridized carbons (Fsp3) is 0.304. The quantitative estimate of drug-likeness (QED) is 0.605. The largest absolute Gasteiger partial charge is 0.492 e. The molecule has 1 aromatic heterocycles. The SMILES string of the molecule is C/C=C/C(=O)NCCc1nc2ccccc2n1CCOc1ccc(C)c(C)c1. The van der Waals surface area contributed by atoms with Gasteiger partial charge in [0, 0.05) is 13.0 Å². The highest BCUT2D eigenvalue weighted by Gasteiger charge is 2.11. The molecule has 3 aromatic rings. The standard InChI is InChI=1S/C23H27N3O2/c1-4-7-23(27)24-13-12-22-25-20-8-5-6-9-21(20)26(22)14-15-28-19-11-10-17(2)18(3)16-19/h4-11,16H,12-15H2,1-3H3,(H,24,27)/b7-4+. The molecule has 3 rings (SSSR count). The van der Waals surface area contributed by atoms with Gasteiger partial charge in [-0.2, -0.15) is 0 Å². The van der Waals surface area contributed by atoms with E-state index in [1.807, 2.05) is 31.2 Å². The van der Waals surface area contributed by atoms with E-state index in [4.69, 9.17) is 9.72 Å². The Morgan fingerprint density at radius 3 is 2.79 bits per heavy atom. The van der Waals surface area contributed by atoms with Crippen LogP contribution in [0.3, 0.4) is 0 Å².